The Bertz CT molecular complexity index is 897. The molecule has 2 aromatic carbocycles. The highest BCUT2D eigenvalue weighted by molar-refractivity contribution is 6.03. The second-order valence-electron chi connectivity index (χ2n) is 7.17. The van der Waals surface area contributed by atoms with E-state index in [0.717, 1.165) is 25.0 Å². The number of carbonyl (C=O) groups is 2. The summed E-state index contributed by atoms with van der Waals surface area (Å²) in [6, 6.07) is 11.5. The van der Waals surface area contributed by atoms with Gasteiger partial charge in [-0.2, -0.15) is 13.2 Å². The summed E-state index contributed by atoms with van der Waals surface area (Å²) in [5.74, 6) is -0.674. The first kappa shape index (κ1) is 21.7. The van der Waals surface area contributed by atoms with Crippen molar-refractivity contribution in [3.63, 3.8) is 0 Å². The smallest absolute Gasteiger partial charge is 0.416 e. The zero-order valence-corrected chi connectivity index (χ0v) is 16.5. The number of halogens is 3. The van der Waals surface area contributed by atoms with Crippen LogP contribution < -0.4 is 15.0 Å². The Kier molecular flexibility index (Phi) is 6.64. The first-order chi connectivity index (χ1) is 14.3. The van der Waals surface area contributed by atoms with E-state index in [1.807, 2.05) is 0 Å². The molecule has 2 amide bonds. The molecule has 1 fully saturated rings. The summed E-state index contributed by atoms with van der Waals surface area (Å²) < 4.78 is 44.4. The van der Waals surface area contributed by atoms with Crippen LogP contribution in [0.2, 0.25) is 0 Å². The van der Waals surface area contributed by atoms with Crippen molar-refractivity contribution in [2.75, 3.05) is 23.4 Å². The summed E-state index contributed by atoms with van der Waals surface area (Å²) in [7, 11) is 0. The van der Waals surface area contributed by atoms with Crippen molar-refractivity contribution < 1.29 is 27.5 Å². The number of carbonyl (C=O) groups excluding carboxylic acids is 2. The second kappa shape index (κ2) is 9.19. The minimum absolute atomic E-state index is 0.0319. The molecular formula is C22H23F3N2O3. The van der Waals surface area contributed by atoms with Gasteiger partial charge in [0.2, 0.25) is 11.8 Å². The standard InChI is InChI=1S/C22H23F3N2O3/c1-2-3-11-30-19-9-7-17(8-10-19)26-21(29)15-12-20(28)27(14-15)18-6-4-5-16(13-18)22(23,24)25/h4-10,13,15H,2-3,11-12,14H2,1H3,(H,26,29)/t15-/m0/s1. The average Bonchev–Trinajstić information content (AvgIpc) is 3.11. The minimum atomic E-state index is -4.50. The van der Waals surface area contributed by atoms with Crippen LogP contribution in [0.25, 0.3) is 0 Å². The van der Waals surface area contributed by atoms with Crippen LogP contribution in [-0.2, 0) is 15.8 Å². The van der Waals surface area contributed by atoms with Crippen LogP contribution in [0, 0.1) is 5.92 Å². The van der Waals surface area contributed by atoms with E-state index in [1.165, 1.54) is 17.0 Å². The first-order valence-corrected chi connectivity index (χ1v) is 9.79. The monoisotopic (exact) mass is 420 g/mol. The third-order valence-corrected chi connectivity index (χ3v) is 4.87. The van der Waals surface area contributed by atoms with Gasteiger partial charge >= 0.3 is 6.18 Å². The number of nitrogens with zero attached hydrogens (tertiary/aromatic N) is 1. The molecule has 8 heteroatoms. The molecule has 5 nitrogen and oxygen atoms in total. The summed E-state index contributed by atoms with van der Waals surface area (Å²) in [6.07, 6.45) is -2.56. The van der Waals surface area contributed by atoms with E-state index >= 15 is 0 Å². The SMILES string of the molecule is CCCCOc1ccc(NC(=O)[C@H]2CC(=O)N(c3cccc(C(F)(F)F)c3)C2)cc1. The minimum Gasteiger partial charge on any atom is -0.494 e. The molecule has 3 rings (SSSR count). The second-order valence-corrected chi connectivity index (χ2v) is 7.17. The molecule has 0 bridgehead atoms. The van der Waals surface area contributed by atoms with Gasteiger partial charge in [-0.1, -0.05) is 19.4 Å². The van der Waals surface area contributed by atoms with Crippen molar-refractivity contribution in [1.82, 2.24) is 0 Å². The lowest BCUT2D eigenvalue weighted by atomic mass is 10.1. The third kappa shape index (κ3) is 5.31. The number of ether oxygens (including phenoxy) is 1. The summed E-state index contributed by atoms with van der Waals surface area (Å²) in [5, 5.41) is 2.75. The molecule has 0 saturated carbocycles. The predicted octanol–water partition coefficient (Wildman–Crippen LogP) is 4.88. The number of hydrogen-bond acceptors (Lipinski definition) is 3. The van der Waals surface area contributed by atoms with Crippen LogP contribution >= 0.6 is 0 Å². The third-order valence-electron chi connectivity index (χ3n) is 4.87. The van der Waals surface area contributed by atoms with Crippen LogP contribution in [0.3, 0.4) is 0 Å². The number of alkyl halides is 3. The van der Waals surface area contributed by atoms with Crippen molar-refractivity contribution in [3.8, 4) is 5.75 Å². The molecule has 0 spiro atoms. The number of unbranched alkanes of at least 4 members (excludes halogenated alkanes) is 1. The van der Waals surface area contributed by atoms with E-state index in [1.54, 1.807) is 24.3 Å². The molecular weight excluding hydrogens is 397 g/mol. The molecule has 30 heavy (non-hydrogen) atoms. The number of benzene rings is 2. The van der Waals surface area contributed by atoms with Crippen LogP contribution in [0.1, 0.15) is 31.7 Å². The molecule has 1 saturated heterocycles. The summed E-state index contributed by atoms with van der Waals surface area (Å²) >= 11 is 0. The zero-order chi connectivity index (χ0) is 21.7. The van der Waals surface area contributed by atoms with Gasteiger partial charge in [0, 0.05) is 24.3 Å². The molecule has 2 aromatic rings. The Morgan fingerprint density at radius 2 is 1.93 bits per heavy atom. The number of hydrogen-bond donors (Lipinski definition) is 1. The maximum atomic E-state index is 12.9. The van der Waals surface area contributed by atoms with Crippen LogP contribution in [-0.4, -0.2) is 25.0 Å². The van der Waals surface area contributed by atoms with Crippen LogP contribution in [0.15, 0.2) is 48.5 Å². The maximum Gasteiger partial charge on any atom is 0.416 e. The Balaban J connectivity index is 1.61. The molecule has 1 aliphatic heterocycles. The summed E-state index contributed by atoms with van der Waals surface area (Å²) in [6.45, 7) is 2.73. The van der Waals surface area contributed by atoms with E-state index in [9.17, 15) is 22.8 Å². The van der Waals surface area contributed by atoms with Gasteiger partial charge in [0.15, 0.2) is 0 Å². The number of amides is 2. The van der Waals surface area contributed by atoms with E-state index in [2.05, 4.69) is 12.2 Å². The van der Waals surface area contributed by atoms with Crippen molar-refractivity contribution in [3.05, 3.63) is 54.1 Å². The van der Waals surface area contributed by atoms with E-state index in [0.29, 0.717) is 18.0 Å². The van der Waals surface area contributed by atoms with Gasteiger partial charge in [-0.3, -0.25) is 9.59 Å². The van der Waals surface area contributed by atoms with Gasteiger partial charge in [0.05, 0.1) is 18.1 Å². The van der Waals surface area contributed by atoms with E-state index in [-0.39, 0.29) is 30.5 Å². The van der Waals surface area contributed by atoms with Gasteiger partial charge in [-0.15, -0.1) is 0 Å². The molecule has 0 radical (unpaired) electrons. The summed E-state index contributed by atoms with van der Waals surface area (Å²) in [5.41, 5.74) is -0.131. The van der Waals surface area contributed by atoms with E-state index in [4.69, 9.17) is 4.74 Å². The normalized spacial score (nSPS) is 16.6. The van der Waals surface area contributed by atoms with Crippen LogP contribution in [0.5, 0.6) is 5.75 Å². The average molecular weight is 420 g/mol. The Morgan fingerprint density at radius 3 is 2.60 bits per heavy atom. The Morgan fingerprint density at radius 1 is 1.20 bits per heavy atom. The predicted molar refractivity (Wildman–Crippen MR) is 107 cm³/mol. The molecule has 1 aliphatic rings. The Labute approximate surface area is 172 Å². The number of rotatable bonds is 7. The first-order valence-electron chi connectivity index (χ1n) is 9.79. The van der Waals surface area contributed by atoms with Gasteiger partial charge < -0.3 is 15.0 Å². The highest BCUT2D eigenvalue weighted by atomic mass is 19.4. The lowest BCUT2D eigenvalue weighted by Crippen LogP contribution is -2.28. The highest BCUT2D eigenvalue weighted by Crippen LogP contribution is 2.33. The van der Waals surface area contributed by atoms with Gasteiger partial charge in [0.1, 0.15) is 5.75 Å². The molecule has 1 heterocycles. The van der Waals surface area contributed by atoms with Gasteiger partial charge in [-0.25, -0.2) is 0 Å². The lowest BCUT2D eigenvalue weighted by molar-refractivity contribution is -0.137. The van der Waals surface area contributed by atoms with Gasteiger partial charge in [-0.05, 0) is 48.9 Å². The van der Waals surface area contributed by atoms with Crippen LogP contribution in [0.4, 0.5) is 24.5 Å². The fraction of sp³-hybridized carbons (Fsp3) is 0.364. The van der Waals surface area contributed by atoms with Gasteiger partial charge in [0.25, 0.3) is 0 Å². The lowest BCUT2D eigenvalue weighted by Gasteiger charge is -2.18. The quantitative estimate of drug-likeness (QED) is 0.650. The fourth-order valence-electron chi connectivity index (χ4n) is 3.20. The van der Waals surface area contributed by atoms with Crippen molar-refractivity contribution in [2.45, 2.75) is 32.4 Å². The molecule has 0 unspecified atom stereocenters. The van der Waals surface area contributed by atoms with Crippen molar-refractivity contribution >= 4 is 23.2 Å². The summed E-state index contributed by atoms with van der Waals surface area (Å²) in [4.78, 5) is 26.1. The molecule has 1 atom stereocenters. The highest BCUT2D eigenvalue weighted by Gasteiger charge is 2.37. The molecule has 0 aliphatic carbocycles. The largest absolute Gasteiger partial charge is 0.494 e. The topological polar surface area (TPSA) is 58.6 Å². The van der Waals surface area contributed by atoms with Crippen molar-refractivity contribution in [1.29, 1.82) is 0 Å². The van der Waals surface area contributed by atoms with E-state index < -0.39 is 17.7 Å². The maximum absolute atomic E-state index is 12.9. The fourth-order valence-corrected chi connectivity index (χ4v) is 3.20. The number of nitrogens with one attached hydrogen (secondary N) is 1. The molecule has 0 aromatic heterocycles. The zero-order valence-electron chi connectivity index (χ0n) is 16.5. The number of anilines is 2. The molecule has 160 valence electrons. The van der Waals surface area contributed by atoms with Crippen molar-refractivity contribution in [2.24, 2.45) is 5.92 Å². The Hall–Kier alpha value is -3.03. The molecule has 1 N–H and O–H groups in total.